The maximum absolute atomic E-state index is 13.9. The third-order valence-corrected chi connectivity index (χ3v) is 20.3. The van der Waals surface area contributed by atoms with Gasteiger partial charge in [-0.3, -0.25) is 23.2 Å². The van der Waals surface area contributed by atoms with Crippen LogP contribution in [-0.2, 0) is 109 Å². The van der Waals surface area contributed by atoms with E-state index in [1.54, 1.807) is 20.8 Å². The maximum Gasteiger partial charge on any atom is 0.490 e. The molecule has 3 aliphatic rings. The molecular formula is C25H51FN13O36P9. The van der Waals surface area contributed by atoms with Gasteiger partial charge in [-0.05, 0) is 54.9 Å². The highest BCUT2D eigenvalue weighted by Crippen LogP contribution is 2.68. The molecule has 3 saturated heterocycles. The second-order valence-corrected chi connectivity index (χ2v) is 29.7. The van der Waals surface area contributed by atoms with Gasteiger partial charge in [0.2, 0.25) is 5.85 Å². The lowest BCUT2D eigenvalue weighted by Crippen LogP contribution is -2.36. The van der Waals surface area contributed by atoms with Gasteiger partial charge in [0.1, 0.15) is 18.3 Å². The molecule has 0 aliphatic carbocycles. The summed E-state index contributed by atoms with van der Waals surface area (Å²) in [5.74, 6) is -6.65. The van der Waals surface area contributed by atoms with Gasteiger partial charge in [0.15, 0.2) is 0 Å². The monoisotopic (exact) mass is 1410 g/mol. The standard InChI is InChI=1S/C9H17N4O12P3.C8H17FN3O12P3.C8H17N6O12P3/c1-6-4-7(23-9(2,11-3)12-13-10)8(22-6)5-21-27(17,18)25-28(19,20)24-26(14,15)16;1-5-3-6(22-8(2,9)11-12-10)7(21-5)4-20-26(16,17)24-27(18,19)23-25(13,14)15;1-5-3-6(24-8(2,11-13-9)12-14-10)7(23-5)4-22-28(18,19)26-29(20,21)25-27(15,16)17/h6-8H,4-5H2,1-2H3,(H,17,18)(H,19,20)(H2,14,15,16);5-7H,3-4H2,1-2H3,(H,16,17)(H,18,19)(H2,13,14,15);5-7H,3-4H2,1-2H3,(H,18,19)(H,20,21)(H2,15,16,17)/t6-,7+,8+,9?;5-,6+,7+,8?;5-,6+,7+/m000/s1. The number of halogens is 1. The molecule has 8 unspecified atom stereocenters. The van der Waals surface area contributed by atoms with Crippen molar-refractivity contribution in [3.05, 3.63) is 53.2 Å². The van der Waals surface area contributed by atoms with Crippen LogP contribution < -0.4 is 0 Å². The zero-order valence-corrected chi connectivity index (χ0v) is 50.9. The van der Waals surface area contributed by atoms with Gasteiger partial charge in [-0.25, -0.2) is 52.0 Å². The highest BCUT2D eigenvalue weighted by Gasteiger charge is 2.48. The van der Waals surface area contributed by atoms with E-state index in [0.717, 1.165) is 13.8 Å². The van der Waals surface area contributed by atoms with Crippen LogP contribution in [0, 0.1) is 6.57 Å². The molecule has 0 aromatic heterocycles. The highest BCUT2D eigenvalue weighted by atomic mass is 31.3. The lowest BCUT2D eigenvalue weighted by molar-refractivity contribution is -0.178. The Kier molecular flexibility index (Phi) is 30.3. The van der Waals surface area contributed by atoms with Gasteiger partial charge in [-0.2, -0.15) is 25.9 Å². The van der Waals surface area contributed by atoms with Crippen molar-refractivity contribution in [2.45, 2.75) is 133 Å². The number of phosphoric acid groups is 9. The molecule has 0 radical (unpaired) electrons. The lowest BCUT2D eigenvalue weighted by Gasteiger charge is -2.27. The quantitative estimate of drug-likeness (QED) is 0.00970. The van der Waals surface area contributed by atoms with E-state index < -0.39 is 163 Å². The molecule has 3 aliphatic heterocycles. The van der Waals surface area contributed by atoms with Crippen LogP contribution in [0.3, 0.4) is 0 Å². The Morgan fingerprint density at radius 1 is 0.464 bits per heavy atom. The van der Waals surface area contributed by atoms with E-state index in [4.69, 9.17) is 101 Å². The van der Waals surface area contributed by atoms with Crippen molar-refractivity contribution in [2.75, 3.05) is 19.8 Å². The molecule has 0 aromatic carbocycles. The Labute approximate surface area is 468 Å². The SMILES string of the molecule is C[C@H]1C[C@@H](OC(C)(F)N=[N+]=[N-])[C@@H](COP(=O)(O)OP(=O)(O)OP(=O)(O)O)O1.C[C@H]1C[C@@H](OC(C)(N=[N+]=[N-])N=[N+]=[N-])[C@@H](COP(=O)(O)OP(=O)(O)OP(=O)(O)O)O1.[C-]#[N+]C(C)(N=[N+]=[N-])O[C@@H]1C[C@H](C)O[C@@H]1COP(=O)(O)OP(=O)(O)OP(=O)(O)O. The summed E-state index contributed by atoms with van der Waals surface area (Å²) in [5, 5.41) is 12.4. The fourth-order valence-corrected chi connectivity index (χ4v) is 15.4. The minimum absolute atomic E-state index is 0.0882. The fraction of sp³-hybridized carbons (Fsp3) is 0.960. The molecule has 0 bridgehead atoms. The third kappa shape index (κ3) is 33.3. The number of azide groups is 3. The first-order chi connectivity index (χ1) is 37.7. The van der Waals surface area contributed by atoms with Crippen LogP contribution in [0.5, 0.6) is 0 Å². The van der Waals surface area contributed by atoms with Gasteiger partial charge in [0.05, 0.1) is 56.4 Å². The maximum atomic E-state index is 13.9. The van der Waals surface area contributed by atoms with E-state index in [2.05, 4.69) is 84.4 Å². The van der Waals surface area contributed by atoms with Crippen molar-refractivity contribution >= 4 is 70.4 Å². The summed E-state index contributed by atoms with van der Waals surface area (Å²) in [6.45, 7) is 12.6. The Morgan fingerprint density at radius 2 is 0.738 bits per heavy atom. The molecule has 0 saturated carbocycles. The van der Waals surface area contributed by atoms with Crippen LogP contribution in [0.1, 0.15) is 60.8 Å². The number of hydrogen-bond donors (Lipinski definition) is 12. The van der Waals surface area contributed by atoms with Crippen molar-refractivity contribution in [3.8, 4) is 0 Å². The Bertz CT molecular complexity index is 2960. The number of phosphoric ester groups is 3. The molecule has 59 heteroatoms. The first-order valence-corrected chi connectivity index (χ1v) is 35.0. The molecule has 3 heterocycles. The van der Waals surface area contributed by atoms with E-state index >= 15 is 0 Å². The normalized spacial score (nSPS) is 29.0. The summed E-state index contributed by atoms with van der Waals surface area (Å²) < 4.78 is 181. The number of alkyl halides is 1. The summed E-state index contributed by atoms with van der Waals surface area (Å²) in [7, 11) is -49.5. The average molecular weight is 1410 g/mol. The molecule has 17 atom stereocenters. The molecule has 84 heavy (non-hydrogen) atoms. The molecule has 484 valence electrons. The van der Waals surface area contributed by atoms with Gasteiger partial charge >= 0.3 is 76.3 Å². The average Bonchev–Trinajstić information content (AvgIpc) is 3.83. The zero-order chi connectivity index (χ0) is 65.4. The molecule has 49 nitrogen and oxygen atoms in total. The predicted octanol–water partition coefficient (Wildman–Crippen LogP) is 5.83. The number of ether oxygens (including phenoxy) is 6. The molecule has 0 aromatic rings. The second kappa shape index (κ2) is 31.9. The zero-order valence-electron chi connectivity index (χ0n) is 42.8. The summed E-state index contributed by atoms with van der Waals surface area (Å²) in [5.41, 5.74) is 33.9. The van der Waals surface area contributed by atoms with Gasteiger partial charge in [-0.1, -0.05) is 10.2 Å². The molecule has 0 amide bonds. The van der Waals surface area contributed by atoms with Crippen LogP contribution >= 0.6 is 70.4 Å². The van der Waals surface area contributed by atoms with Crippen molar-refractivity contribution in [2.24, 2.45) is 20.5 Å². The smallest absolute Gasteiger partial charge is 0.370 e. The number of hydrogen-bond acceptors (Lipinski definition) is 28. The minimum atomic E-state index is -5.66. The predicted molar refractivity (Wildman–Crippen MR) is 260 cm³/mol. The van der Waals surface area contributed by atoms with E-state index in [0.29, 0.717) is 0 Å². The molecule has 0 spiro atoms. The molecule has 3 fully saturated rings. The van der Waals surface area contributed by atoms with Crippen molar-refractivity contribution in [1.82, 2.24) is 0 Å². The third-order valence-electron chi connectivity index (χ3n) is 8.85. The largest absolute Gasteiger partial charge is 0.490 e. The van der Waals surface area contributed by atoms with Gasteiger partial charge in [0.25, 0.3) is 5.98 Å². The van der Waals surface area contributed by atoms with Crippen molar-refractivity contribution in [1.29, 1.82) is 0 Å². The lowest BCUT2D eigenvalue weighted by atomic mass is 10.1. The highest BCUT2D eigenvalue weighted by molar-refractivity contribution is 7.67. The fourth-order valence-electron chi connectivity index (χ4n) is 6.33. The van der Waals surface area contributed by atoms with E-state index in [-0.39, 0.29) is 19.3 Å². The molecule has 12 N–H and O–H groups in total. The van der Waals surface area contributed by atoms with Crippen molar-refractivity contribution < 1.29 is 172 Å². The molecule has 3 rings (SSSR count). The molecular weight excluding hydrogens is 1360 g/mol. The summed E-state index contributed by atoms with van der Waals surface area (Å²) in [6, 6.07) is 0. The van der Waals surface area contributed by atoms with Gasteiger partial charge < -0.3 is 82.4 Å². The minimum Gasteiger partial charge on any atom is -0.370 e. The first kappa shape index (κ1) is 79.7. The summed E-state index contributed by atoms with van der Waals surface area (Å²) in [6.07, 6.45) is -7.34. The van der Waals surface area contributed by atoms with Crippen LogP contribution in [-0.4, -0.2) is 151 Å². The number of nitrogens with zero attached hydrogens (tertiary/aromatic N) is 13. The van der Waals surface area contributed by atoms with E-state index in [9.17, 15) is 60.2 Å². The number of rotatable bonds is 31. The van der Waals surface area contributed by atoms with Crippen molar-refractivity contribution in [3.63, 3.8) is 0 Å². The summed E-state index contributed by atoms with van der Waals surface area (Å²) in [4.78, 5) is 119. The summed E-state index contributed by atoms with van der Waals surface area (Å²) >= 11 is 0. The topological polar surface area (TPSA) is 734 Å². The Hall–Kier alpha value is -2.35. The van der Waals surface area contributed by atoms with Crippen LogP contribution in [0.2, 0.25) is 0 Å². The second-order valence-electron chi connectivity index (χ2n) is 16.4. The first-order valence-electron chi connectivity index (χ1n) is 21.4. The van der Waals surface area contributed by atoms with E-state index in [1.165, 1.54) is 6.92 Å². The van der Waals surface area contributed by atoms with Gasteiger partial charge in [-0.15, -0.1) is 0 Å². The Balaban J connectivity index is 0.000000630. The van der Waals surface area contributed by atoms with Gasteiger partial charge in [0, 0.05) is 57.9 Å². The van der Waals surface area contributed by atoms with Crippen LogP contribution in [0.25, 0.3) is 46.6 Å². The van der Waals surface area contributed by atoms with E-state index in [1.807, 2.05) is 0 Å². The van der Waals surface area contributed by atoms with Crippen LogP contribution in [0.4, 0.5) is 4.39 Å². The Morgan fingerprint density at radius 3 is 1.00 bits per heavy atom. The van der Waals surface area contributed by atoms with Crippen LogP contribution in [0.15, 0.2) is 20.5 Å².